The lowest BCUT2D eigenvalue weighted by Gasteiger charge is -2.35. The van der Waals surface area contributed by atoms with Crippen molar-refractivity contribution in [2.45, 2.75) is 25.8 Å². The van der Waals surface area contributed by atoms with Crippen LogP contribution < -0.4 is 5.32 Å². The van der Waals surface area contributed by atoms with Crippen molar-refractivity contribution in [3.63, 3.8) is 0 Å². The normalized spacial score (nSPS) is 17.6. The van der Waals surface area contributed by atoms with E-state index in [1.165, 1.54) is 0 Å². The SMILES string of the molecule is CC1(C)Cc2cc(O)ccc2/C(=C/C(=O)c2ccccc2)N1. The average Bonchev–Trinajstić information content (AvgIpc) is 2.46. The van der Waals surface area contributed by atoms with Gasteiger partial charge in [-0.1, -0.05) is 30.3 Å². The number of benzene rings is 2. The van der Waals surface area contributed by atoms with Crippen molar-refractivity contribution in [1.82, 2.24) is 5.32 Å². The molecule has 0 atom stereocenters. The molecule has 3 rings (SSSR count). The Morgan fingerprint density at radius 3 is 2.64 bits per heavy atom. The van der Waals surface area contributed by atoms with Gasteiger partial charge in [0.25, 0.3) is 0 Å². The van der Waals surface area contributed by atoms with Crippen molar-refractivity contribution in [2.75, 3.05) is 0 Å². The number of carbonyl (C=O) groups is 1. The molecule has 0 saturated carbocycles. The quantitative estimate of drug-likeness (QED) is 0.657. The Labute approximate surface area is 130 Å². The van der Waals surface area contributed by atoms with Gasteiger partial charge in [-0.15, -0.1) is 0 Å². The minimum Gasteiger partial charge on any atom is -0.508 e. The van der Waals surface area contributed by atoms with Gasteiger partial charge in [-0.3, -0.25) is 4.79 Å². The number of hydrogen-bond donors (Lipinski definition) is 2. The van der Waals surface area contributed by atoms with Crippen LogP contribution in [0, 0.1) is 0 Å². The van der Waals surface area contributed by atoms with Gasteiger partial charge < -0.3 is 10.4 Å². The van der Waals surface area contributed by atoms with Crippen LogP contribution in [0.5, 0.6) is 5.75 Å². The minimum absolute atomic E-state index is 0.0279. The molecule has 2 aromatic carbocycles. The molecular formula is C19H19NO2. The van der Waals surface area contributed by atoms with E-state index in [0.717, 1.165) is 23.2 Å². The standard InChI is InChI=1S/C19H19NO2/c1-19(2)12-14-10-15(21)8-9-16(14)17(20-19)11-18(22)13-6-4-3-5-7-13/h3-11,20-21H,12H2,1-2H3/b17-11-. The molecule has 0 saturated heterocycles. The highest BCUT2D eigenvalue weighted by Crippen LogP contribution is 2.32. The Balaban J connectivity index is 2.03. The summed E-state index contributed by atoms with van der Waals surface area (Å²) < 4.78 is 0. The molecule has 0 aliphatic carbocycles. The number of hydrogen-bond acceptors (Lipinski definition) is 3. The van der Waals surface area contributed by atoms with E-state index in [1.807, 2.05) is 36.4 Å². The second kappa shape index (κ2) is 5.34. The number of fused-ring (bicyclic) bond motifs is 1. The van der Waals surface area contributed by atoms with Crippen LogP contribution in [0.4, 0.5) is 0 Å². The maximum absolute atomic E-state index is 12.4. The van der Waals surface area contributed by atoms with E-state index >= 15 is 0 Å². The van der Waals surface area contributed by atoms with Crippen molar-refractivity contribution >= 4 is 11.5 Å². The summed E-state index contributed by atoms with van der Waals surface area (Å²) in [5, 5.41) is 13.1. The highest BCUT2D eigenvalue weighted by atomic mass is 16.3. The molecule has 0 bridgehead atoms. The second-order valence-electron chi connectivity index (χ2n) is 6.32. The monoisotopic (exact) mass is 293 g/mol. The third-order valence-corrected chi connectivity index (χ3v) is 3.82. The van der Waals surface area contributed by atoms with Crippen molar-refractivity contribution < 1.29 is 9.90 Å². The number of rotatable bonds is 2. The van der Waals surface area contributed by atoms with E-state index in [1.54, 1.807) is 18.2 Å². The van der Waals surface area contributed by atoms with Gasteiger partial charge in [-0.2, -0.15) is 0 Å². The van der Waals surface area contributed by atoms with Gasteiger partial charge in [0.15, 0.2) is 5.78 Å². The third kappa shape index (κ3) is 2.89. The predicted octanol–water partition coefficient (Wildman–Crippen LogP) is 3.54. The Morgan fingerprint density at radius 2 is 1.91 bits per heavy atom. The second-order valence-corrected chi connectivity index (χ2v) is 6.32. The molecule has 0 spiro atoms. The molecule has 3 heteroatoms. The number of phenolic OH excluding ortho intramolecular Hbond substituents is 1. The van der Waals surface area contributed by atoms with Gasteiger partial charge in [-0.05, 0) is 44.0 Å². The number of ketones is 1. The molecular weight excluding hydrogens is 274 g/mol. The fourth-order valence-corrected chi connectivity index (χ4v) is 2.87. The summed E-state index contributed by atoms with van der Waals surface area (Å²) in [4.78, 5) is 12.4. The predicted molar refractivity (Wildman–Crippen MR) is 87.8 cm³/mol. The van der Waals surface area contributed by atoms with E-state index in [2.05, 4.69) is 19.2 Å². The van der Waals surface area contributed by atoms with Crippen molar-refractivity contribution in [3.8, 4) is 5.75 Å². The van der Waals surface area contributed by atoms with Crippen molar-refractivity contribution in [1.29, 1.82) is 0 Å². The fourth-order valence-electron chi connectivity index (χ4n) is 2.87. The van der Waals surface area contributed by atoms with Gasteiger partial charge in [0.1, 0.15) is 5.75 Å². The first-order chi connectivity index (χ1) is 10.4. The van der Waals surface area contributed by atoms with E-state index in [-0.39, 0.29) is 17.1 Å². The van der Waals surface area contributed by atoms with Gasteiger partial charge in [0.05, 0.1) is 0 Å². The van der Waals surface area contributed by atoms with Gasteiger partial charge in [-0.25, -0.2) is 0 Å². The van der Waals surface area contributed by atoms with Crippen LogP contribution in [0.15, 0.2) is 54.6 Å². The smallest absolute Gasteiger partial charge is 0.187 e. The van der Waals surface area contributed by atoms with Crippen LogP contribution in [-0.4, -0.2) is 16.4 Å². The van der Waals surface area contributed by atoms with Crippen molar-refractivity contribution in [2.24, 2.45) is 0 Å². The van der Waals surface area contributed by atoms with Crippen LogP contribution in [0.25, 0.3) is 5.70 Å². The first-order valence-corrected chi connectivity index (χ1v) is 7.36. The van der Waals surface area contributed by atoms with Gasteiger partial charge in [0.2, 0.25) is 0 Å². The van der Waals surface area contributed by atoms with Crippen LogP contribution in [0.1, 0.15) is 35.3 Å². The number of phenols is 1. The zero-order valence-corrected chi connectivity index (χ0v) is 12.8. The summed E-state index contributed by atoms with van der Waals surface area (Å²) in [6, 6.07) is 14.5. The van der Waals surface area contributed by atoms with Crippen LogP contribution >= 0.6 is 0 Å². The average molecular weight is 293 g/mol. The van der Waals surface area contributed by atoms with E-state index in [9.17, 15) is 9.90 Å². The molecule has 1 aliphatic rings. The summed E-state index contributed by atoms with van der Waals surface area (Å²) in [6.45, 7) is 4.17. The molecule has 22 heavy (non-hydrogen) atoms. The minimum atomic E-state index is -0.163. The number of carbonyl (C=O) groups excluding carboxylic acids is 1. The summed E-state index contributed by atoms with van der Waals surface area (Å²) in [6.07, 6.45) is 2.44. The lowest BCUT2D eigenvalue weighted by molar-refractivity contribution is 0.104. The first-order valence-electron chi connectivity index (χ1n) is 7.36. The molecule has 2 aromatic rings. The molecule has 0 unspecified atom stereocenters. The Kier molecular flexibility index (Phi) is 3.49. The molecule has 1 aliphatic heterocycles. The molecule has 3 nitrogen and oxygen atoms in total. The number of aromatic hydroxyl groups is 1. The van der Waals surface area contributed by atoms with Crippen LogP contribution in [0.3, 0.4) is 0 Å². The third-order valence-electron chi connectivity index (χ3n) is 3.82. The highest BCUT2D eigenvalue weighted by molar-refractivity contribution is 6.08. The Bertz CT molecular complexity index is 745. The maximum atomic E-state index is 12.4. The van der Waals surface area contributed by atoms with Crippen LogP contribution in [-0.2, 0) is 6.42 Å². The summed E-state index contributed by atoms with van der Waals surface area (Å²) >= 11 is 0. The Morgan fingerprint density at radius 1 is 1.18 bits per heavy atom. The maximum Gasteiger partial charge on any atom is 0.187 e. The number of nitrogens with one attached hydrogen (secondary N) is 1. The summed E-state index contributed by atoms with van der Waals surface area (Å²) in [5.74, 6) is 0.227. The fraction of sp³-hybridized carbons (Fsp3) is 0.211. The highest BCUT2D eigenvalue weighted by Gasteiger charge is 2.28. The lowest BCUT2D eigenvalue weighted by Crippen LogP contribution is -2.43. The molecule has 112 valence electrons. The number of allylic oxidation sites excluding steroid dienone is 1. The lowest BCUT2D eigenvalue weighted by atomic mass is 9.85. The molecule has 0 aromatic heterocycles. The van der Waals surface area contributed by atoms with Gasteiger partial charge >= 0.3 is 0 Å². The van der Waals surface area contributed by atoms with Crippen LogP contribution in [0.2, 0.25) is 0 Å². The van der Waals surface area contributed by atoms with E-state index < -0.39 is 0 Å². The van der Waals surface area contributed by atoms with E-state index in [4.69, 9.17) is 0 Å². The molecule has 0 amide bonds. The first kappa shape index (κ1) is 14.4. The molecule has 2 N–H and O–H groups in total. The zero-order chi connectivity index (χ0) is 15.7. The summed E-state index contributed by atoms with van der Waals surface area (Å²) in [5.41, 5.74) is 3.33. The molecule has 0 fully saturated rings. The summed E-state index contributed by atoms with van der Waals surface area (Å²) in [7, 11) is 0. The van der Waals surface area contributed by atoms with Gasteiger partial charge in [0, 0.05) is 28.4 Å². The molecule has 0 radical (unpaired) electrons. The molecule has 1 heterocycles. The zero-order valence-electron chi connectivity index (χ0n) is 12.8. The Hall–Kier alpha value is -2.55. The van der Waals surface area contributed by atoms with E-state index in [0.29, 0.717) is 5.56 Å². The topological polar surface area (TPSA) is 49.3 Å². The van der Waals surface area contributed by atoms with Crippen molar-refractivity contribution in [3.05, 3.63) is 71.3 Å². The largest absolute Gasteiger partial charge is 0.508 e.